The first-order valence-corrected chi connectivity index (χ1v) is 10.5. The molecule has 0 aliphatic carbocycles. The Balaban J connectivity index is 0.00000420. The monoisotopic (exact) mass is 516 g/mol. The van der Waals surface area contributed by atoms with E-state index in [1.54, 1.807) is 0 Å². The molecule has 6 nitrogen and oxygen atoms in total. The van der Waals surface area contributed by atoms with Crippen molar-refractivity contribution in [2.75, 3.05) is 32.8 Å². The third kappa shape index (κ3) is 9.23. The first-order valence-electron chi connectivity index (χ1n) is 10.5. The number of nitrogens with zero attached hydrogens (tertiary/aromatic N) is 2. The molecule has 0 bridgehead atoms. The summed E-state index contributed by atoms with van der Waals surface area (Å²) in [5, 5.41) is 6.62. The van der Waals surface area contributed by atoms with Crippen molar-refractivity contribution in [3.05, 3.63) is 29.8 Å². The fraction of sp³-hybridized carbons (Fsp3) is 0.636. The minimum absolute atomic E-state index is 0. The Morgan fingerprint density at radius 3 is 2.38 bits per heavy atom. The van der Waals surface area contributed by atoms with Crippen LogP contribution in [0.25, 0.3) is 0 Å². The fourth-order valence-electron chi connectivity index (χ4n) is 3.11. The highest BCUT2D eigenvalue weighted by Gasteiger charge is 2.16. The molecule has 2 rings (SSSR count). The zero-order valence-electron chi connectivity index (χ0n) is 18.2. The molecule has 1 unspecified atom stereocenters. The van der Waals surface area contributed by atoms with Crippen molar-refractivity contribution >= 4 is 35.8 Å². The molecule has 29 heavy (non-hydrogen) atoms. The quantitative estimate of drug-likeness (QED) is 0.312. The topological polar surface area (TPSA) is 66.0 Å². The maximum atomic E-state index is 12.4. The molecule has 1 aromatic rings. The van der Waals surface area contributed by atoms with Gasteiger partial charge >= 0.3 is 0 Å². The molecule has 1 aliphatic rings. The molecule has 1 aromatic carbocycles. The molecular formula is C22H37IN4O2. The molecule has 7 heteroatoms. The van der Waals surface area contributed by atoms with Crippen molar-refractivity contribution < 1.29 is 9.53 Å². The van der Waals surface area contributed by atoms with E-state index in [1.165, 1.54) is 6.42 Å². The maximum absolute atomic E-state index is 12.4. The Morgan fingerprint density at radius 1 is 1.14 bits per heavy atom. The summed E-state index contributed by atoms with van der Waals surface area (Å²) >= 11 is 0. The number of ether oxygens (including phenoxy) is 1. The summed E-state index contributed by atoms with van der Waals surface area (Å²) in [6.45, 7) is 11.8. The largest absolute Gasteiger partial charge is 0.493 e. The maximum Gasteiger partial charge on any atom is 0.244 e. The zero-order valence-corrected chi connectivity index (χ0v) is 20.6. The third-order valence-corrected chi connectivity index (χ3v) is 4.74. The predicted molar refractivity (Wildman–Crippen MR) is 130 cm³/mol. The lowest BCUT2D eigenvalue weighted by atomic mass is 10.1. The van der Waals surface area contributed by atoms with Crippen molar-refractivity contribution in [1.29, 1.82) is 0 Å². The van der Waals surface area contributed by atoms with Gasteiger partial charge in [-0.05, 0) is 56.7 Å². The van der Waals surface area contributed by atoms with Crippen LogP contribution in [0.1, 0.15) is 58.6 Å². The number of hydrogen-bond acceptors (Lipinski definition) is 3. The van der Waals surface area contributed by atoms with Gasteiger partial charge in [0.2, 0.25) is 5.91 Å². The van der Waals surface area contributed by atoms with E-state index in [1.807, 2.05) is 24.0 Å². The number of hydrogen-bond donors (Lipinski definition) is 2. The zero-order chi connectivity index (χ0) is 20.4. The van der Waals surface area contributed by atoms with Crippen molar-refractivity contribution in [3.63, 3.8) is 0 Å². The molecule has 1 fully saturated rings. The number of amides is 1. The summed E-state index contributed by atoms with van der Waals surface area (Å²) in [5.41, 5.74) is 1.14. The van der Waals surface area contributed by atoms with Crippen LogP contribution in [0.15, 0.2) is 29.3 Å². The van der Waals surface area contributed by atoms with Crippen molar-refractivity contribution in [2.24, 2.45) is 10.9 Å². The summed E-state index contributed by atoms with van der Waals surface area (Å²) in [4.78, 5) is 18.8. The molecule has 164 valence electrons. The fourth-order valence-corrected chi connectivity index (χ4v) is 3.11. The van der Waals surface area contributed by atoms with E-state index in [-0.39, 0.29) is 42.5 Å². The van der Waals surface area contributed by atoms with Crippen LogP contribution in [0.5, 0.6) is 5.75 Å². The van der Waals surface area contributed by atoms with Gasteiger partial charge in [0.05, 0.1) is 12.6 Å². The van der Waals surface area contributed by atoms with Gasteiger partial charge in [0.1, 0.15) is 12.3 Å². The number of likely N-dealkylation sites (tertiary alicyclic amines) is 1. The Morgan fingerprint density at radius 2 is 1.79 bits per heavy atom. The Bertz CT molecular complexity index is 628. The molecule has 1 heterocycles. The number of rotatable bonds is 8. The number of piperidine rings is 1. The van der Waals surface area contributed by atoms with E-state index >= 15 is 0 Å². The second-order valence-electron chi connectivity index (χ2n) is 7.78. The highest BCUT2D eigenvalue weighted by atomic mass is 127. The number of aliphatic imine (C=N–C) groups is 1. The van der Waals surface area contributed by atoms with Crippen LogP contribution in [0.3, 0.4) is 0 Å². The highest BCUT2D eigenvalue weighted by Crippen LogP contribution is 2.18. The third-order valence-electron chi connectivity index (χ3n) is 4.74. The van der Waals surface area contributed by atoms with Gasteiger partial charge in [-0.3, -0.25) is 4.79 Å². The highest BCUT2D eigenvalue weighted by molar-refractivity contribution is 14.0. The lowest BCUT2D eigenvalue weighted by Crippen LogP contribution is -2.41. The molecule has 1 saturated heterocycles. The SMILES string of the molecule is CCNC(=NCC(=O)N1CCCCC1)NC(C)c1ccc(OCC(C)C)cc1.I. The number of nitrogens with one attached hydrogen (secondary N) is 2. The minimum Gasteiger partial charge on any atom is -0.493 e. The van der Waals surface area contributed by atoms with Crippen molar-refractivity contribution in [1.82, 2.24) is 15.5 Å². The van der Waals surface area contributed by atoms with Crippen LogP contribution in [0, 0.1) is 5.92 Å². The van der Waals surface area contributed by atoms with E-state index in [0.29, 0.717) is 11.9 Å². The molecule has 2 N–H and O–H groups in total. The average molecular weight is 516 g/mol. The van der Waals surface area contributed by atoms with E-state index in [4.69, 9.17) is 4.74 Å². The minimum atomic E-state index is 0. The van der Waals surface area contributed by atoms with Crippen molar-refractivity contribution in [3.8, 4) is 5.75 Å². The van der Waals surface area contributed by atoms with Crippen LogP contribution < -0.4 is 15.4 Å². The van der Waals surface area contributed by atoms with Gasteiger partial charge in [0, 0.05) is 19.6 Å². The lowest BCUT2D eigenvalue weighted by Gasteiger charge is -2.26. The van der Waals surface area contributed by atoms with Crippen molar-refractivity contribution in [2.45, 2.75) is 53.0 Å². The molecule has 1 amide bonds. The summed E-state index contributed by atoms with van der Waals surface area (Å²) in [6, 6.07) is 8.20. The van der Waals surface area contributed by atoms with Crippen LogP contribution >= 0.6 is 24.0 Å². The summed E-state index contributed by atoms with van der Waals surface area (Å²) < 4.78 is 5.75. The van der Waals surface area contributed by atoms with Crippen LogP contribution in [-0.2, 0) is 4.79 Å². The Labute approximate surface area is 192 Å². The first-order chi connectivity index (χ1) is 13.5. The van der Waals surface area contributed by atoms with Gasteiger partial charge in [0.25, 0.3) is 0 Å². The van der Waals surface area contributed by atoms with Gasteiger partial charge in [0.15, 0.2) is 5.96 Å². The normalized spacial score (nSPS) is 15.5. The van der Waals surface area contributed by atoms with E-state index in [9.17, 15) is 4.79 Å². The van der Waals surface area contributed by atoms with E-state index in [0.717, 1.165) is 50.4 Å². The molecule has 0 saturated carbocycles. The van der Waals surface area contributed by atoms with Gasteiger partial charge in [-0.15, -0.1) is 24.0 Å². The van der Waals surface area contributed by atoms with Gasteiger partial charge in [-0.25, -0.2) is 4.99 Å². The first kappa shape index (κ1) is 25.5. The number of benzene rings is 1. The van der Waals surface area contributed by atoms with Crippen LogP contribution in [0.4, 0.5) is 0 Å². The second-order valence-corrected chi connectivity index (χ2v) is 7.78. The van der Waals surface area contributed by atoms with Gasteiger partial charge in [-0.2, -0.15) is 0 Å². The standard InChI is InChI=1S/C22H36N4O2.HI/c1-5-23-22(24-15-21(27)26-13-7-6-8-14-26)25-18(4)19-9-11-20(12-10-19)28-16-17(2)3;/h9-12,17-18H,5-8,13-16H2,1-4H3,(H2,23,24,25);1H. The number of guanidine groups is 1. The summed E-state index contributed by atoms with van der Waals surface area (Å²) in [5.74, 6) is 2.17. The van der Waals surface area contributed by atoms with Gasteiger partial charge < -0.3 is 20.3 Å². The second kappa shape index (κ2) is 13.7. The van der Waals surface area contributed by atoms with E-state index < -0.39 is 0 Å². The number of halogens is 1. The predicted octanol–water partition coefficient (Wildman–Crippen LogP) is 3.97. The smallest absolute Gasteiger partial charge is 0.244 e. The Hall–Kier alpha value is -1.51. The van der Waals surface area contributed by atoms with Crippen LogP contribution in [0.2, 0.25) is 0 Å². The average Bonchev–Trinajstić information content (AvgIpc) is 2.71. The molecule has 0 spiro atoms. The van der Waals surface area contributed by atoms with Crippen LogP contribution in [-0.4, -0.2) is 49.6 Å². The summed E-state index contributed by atoms with van der Waals surface area (Å²) in [6.07, 6.45) is 3.42. The molecule has 0 radical (unpaired) electrons. The summed E-state index contributed by atoms with van der Waals surface area (Å²) in [7, 11) is 0. The molecule has 1 aliphatic heterocycles. The molecule has 1 atom stereocenters. The lowest BCUT2D eigenvalue weighted by molar-refractivity contribution is -0.130. The molecular weight excluding hydrogens is 479 g/mol. The van der Waals surface area contributed by atoms with E-state index in [2.05, 4.69) is 48.5 Å². The van der Waals surface area contributed by atoms with Gasteiger partial charge in [-0.1, -0.05) is 26.0 Å². The number of carbonyl (C=O) groups excluding carboxylic acids is 1. The Kier molecular flexibility index (Phi) is 12.0. The number of carbonyl (C=O) groups is 1. The molecule has 0 aromatic heterocycles.